The molecule has 3 aromatic rings. The highest BCUT2D eigenvalue weighted by atomic mass is 16.5. The van der Waals surface area contributed by atoms with Crippen molar-refractivity contribution in [2.24, 2.45) is 0 Å². The van der Waals surface area contributed by atoms with Gasteiger partial charge in [-0.2, -0.15) is 0 Å². The summed E-state index contributed by atoms with van der Waals surface area (Å²) in [4.78, 5) is 12.5. The average molecular weight is 364 g/mol. The maximum absolute atomic E-state index is 12.5. The van der Waals surface area contributed by atoms with Crippen LogP contribution in [-0.2, 0) is 24.4 Å². The zero-order valence-electron chi connectivity index (χ0n) is 15.0. The van der Waals surface area contributed by atoms with E-state index in [1.165, 1.54) is 0 Å². The molecule has 0 saturated carbocycles. The third-order valence-electron chi connectivity index (χ3n) is 4.60. The minimum atomic E-state index is -0.256. The normalized spacial score (nSPS) is 15.8. The molecule has 1 aliphatic heterocycles. The van der Waals surface area contributed by atoms with Crippen LogP contribution in [0.1, 0.15) is 33.4 Å². The van der Waals surface area contributed by atoms with Gasteiger partial charge in [-0.25, -0.2) is 4.68 Å². The number of nitrogens with zero attached hydrogens (tertiary/aromatic N) is 3. The highest BCUT2D eigenvalue weighted by Crippen LogP contribution is 2.26. The molecule has 27 heavy (non-hydrogen) atoms. The number of methoxy groups -OCH3 is 1. The number of carbonyl (C=O) groups is 1. The molecule has 0 radical (unpaired) electrons. The van der Waals surface area contributed by atoms with Gasteiger partial charge in [-0.05, 0) is 23.3 Å². The van der Waals surface area contributed by atoms with Crippen LogP contribution >= 0.6 is 0 Å². The quantitative estimate of drug-likeness (QED) is 0.753. The van der Waals surface area contributed by atoms with Crippen LogP contribution in [0.25, 0.3) is 0 Å². The highest BCUT2D eigenvalue weighted by Gasteiger charge is 2.27. The minimum Gasteiger partial charge on any atom is -0.497 e. The summed E-state index contributed by atoms with van der Waals surface area (Å²) in [6.45, 7) is 1.25. The van der Waals surface area contributed by atoms with Crippen molar-refractivity contribution >= 4 is 5.91 Å². The van der Waals surface area contributed by atoms with E-state index in [2.05, 4.69) is 15.6 Å². The summed E-state index contributed by atoms with van der Waals surface area (Å²) < 4.78 is 12.8. The van der Waals surface area contributed by atoms with Gasteiger partial charge in [-0.15, -0.1) is 5.10 Å². The maximum Gasteiger partial charge on any atom is 0.274 e. The summed E-state index contributed by atoms with van der Waals surface area (Å²) in [6, 6.07) is 17.5. The molecular formula is C20H20N4O3. The number of amides is 1. The Morgan fingerprint density at radius 3 is 2.74 bits per heavy atom. The van der Waals surface area contributed by atoms with E-state index < -0.39 is 0 Å². The second-order valence-corrected chi connectivity index (χ2v) is 6.31. The van der Waals surface area contributed by atoms with E-state index in [0.29, 0.717) is 31.1 Å². The largest absolute Gasteiger partial charge is 0.497 e. The number of aromatic nitrogens is 3. The maximum atomic E-state index is 12.5. The molecule has 1 amide bonds. The second-order valence-electron chi connectivity index (χ2n) is 6.31. The monoisotopic (exact) mass is 364 g/mol. The molecule has 4 rings (SSSR count). The summed E-state index contributed by atoms with van der Waals surface area (Å²) in [5.41, 5.74) is 3.08. The summed E-state index contributed by atoms with van der Waals surface area (Å²) in [6.07, 6.45) is -0.0874. The summed E-state index contributed by atoms with van der Waals surface area (Å²) in [5, 5.41) is 11.1. The SMILES string of the molecule is COc1ccc(CNC(=O)c2nnn3c2COC(c2ccccc2)C3)cc1. The fraction of sp³-hybridized carbons (Fsp3) is 0.250. The molecule has 7 nitrogen and oxygen atoms in total. The molecule has 0 aliphatic carbocycles. The first-order valence-corrected chi connectivity index (χ1v) is 8.74. The van der Waals surface area contributed by atoms with Gasteiger partial charge in [0.15, 0.2) is 5.69 Å². The first-order chi connectivity index (χ1) is 13.2. The van der Waals surface area contributed by atoms with E-state index in [0.717, 1.165) is 16.9 Å². The molecule has 1 N–H and O–H groups in total. The van der Waals surface area contributed by atoms with Gasteiger partial charge < -0.3 is 14.8 Å². The van der Waals surface area contributed by atoms with Gasteiger partial charge in [-0.1, -0.05) is 47.7 Å². The smallest absolute Gasteiger partial charge is 0.274 e. The lowest BCUT2D eigenvalue weighted by atomic mass is 10.1. The van der Waals surface area contributed by atoms with E-state index >= 15 is 0 Å². The van der Waals surface area contributed by atoms with E-state index in [-0.39, 0.29) is 12.0 Å². The lowest BCUT2D eigenvalue weighted by molar-refractivity contribution is -0.00177. The third-order valence-corrected chi connectivity index (χ3v) is 4.60. The Labute approximate surface area is 156 Å². The second kappa shape index (κ2) is 7.59. The van der Waals surface area contributed by atoms with Crippen LogP contribution in [0.15, 0.2) is 54.6 Å². The number of hydrogen-bond acceptors (Lipinski definition) is 5. The topological polar surface area (TPSA) is 78.3 Å². The molecule has 1 unspecified atom stereocenters. The van der Waals surface area contributed by atoms with Crippen LogP contribution in [0.5, 0.6) is 5.75 Å². The van der Waals surface area contributed by atoms with Crippen molar-refractivity contribution in [3.05, 3.63) is 77.1 Å². The van der Waals surface area contributed by atoms with Crippen LogP contribution in [0.3, 0.4) is 0 Å². The Kier molecular flexibility index (Phi) is 4.84. The third kappa shape index (κ3) is 3.68. The number of benzene rings is 2. The van der Waals surface area contributed by atoms with E-state index in [1.807, 2.05) is 54.6 Å². The molecule has 0 spiro atoms. The molecule has 1 aliphatic rings. The molecule has 7 heteroatoms. The number of fused-ring (bicyclic) bond motifs is 1. The van der Waals surface area contributed by atoms with Crippen molar-refractivity contribution in [3.63, 3.8) is 0 Å². The van der Waals surface area contributed by atoms with Crippen LogP contribution in [-0.4, -0.2) is 28.0 Å². The lowest BCUT2D eigenvalue weighted by Crippen LogP contribution is -2.27. The molecule has 0 saturated heterocycles. The summed E-state index contributed by atoms with van der Waals surface area (Å²) in [5.74, 6) is 0.524. The Hall–Kier alpha value is -3.19. The molecular weight excluding hydrogens is 344 g/mol. The van der Waals surface area contributed by atoms with E-state index in [9.17, 15) is 4.79 Å². The van der Waals surface area contributed by atoms with Gasteiger partial charge in [0.2, 0.25) is 0 Å². The van der Waals surface area contributed by atoms with Gasteiger partial charge in [0.1, 0.15) is 11.9 Å². The Morgan fingerprint density at radius 1 is 1.22 bits per heavy atom. The Bertz CT molecular complexity index is 922. The van der Waals surface area contributed by atoms with E-state index in [1.54, 1.807) is 11.8 Å². The molecule has 1 atom stereocenters. The molecule has 2 aromatic carbocycles. The predicted molar refractivity (Wildman–Crippen MR) is 98.2 cm³/mol. The lowest BCUT2D eigenvalue weighted by Gasteiger charge is -2.24. The zero-order chi connectivity index (χ0) is 18.6. The summed E-state index contributed by atoms with van der Waals surface area (Å²) >= 11 is 0. The number of nitrogens with one attached hydrogen (secondary N) is 1. The van der Waals surface area contributed by atoms with Gasteiger partial charge in [0.05, 0.1) is 26.0 Å². The van der Waals surface area contributed by atoms with Gasteiger partial charge in [0.25, 0.3) is 5.91 Å². The first-order valence-electron chi connectivity index (χ1n) is 8.74. The van der Waals surface area contributed by atoms with Crippen LogP contribution in [0.4, 0.5) is 0 Å². The van der Waals surface area contributed by atoms with Crippen molar-refractivity contribution in [2.75, 3.05) is 7.11 Å². The van der Waals surface area contributed by atoms with Crippen molar-refractivity contribution in [1.29, 1.82) is 0 Å². The molecule has 138 valence electrons. The molecule has 0 fully saturated rings. The van der Waals surface area contributed by atoms with Crippen molar-refractivity contribution in [2.45, 2.75) is 25.8 Å². The van der Waals surface area contributed by atoms with Crippen molar-refractivity contribution in [1.82, 2.24) is 20.3 Å². The highest BCUT2D eigenvalue weighted by molar-refractivity contribution is 5.93. The van der Waals surface area contributed by atoms with Crippen LogP contribution < -0.4 is 10.1 Å². The van der Waals surface area contributed by atoms with E-state index in [4.69, 9.17) is 9.47 Å². The molecule has 1 aromatic heterocycles. The zero-order valence-corrected chi connectivity index (χ0v) is 15.0. The van der Waals surface area contributed by atoms with Crippen LogP contribution in [0.2, 0.25) is 0 Å². The first kappa shape index (κ1) is 17.2. The fourth-order valence-corrected chi connectivity index (χ4v) is 3.07. The van der Waals surface area contributed by atoms with Gasteiger partial charge in [-0.3, -0.25) is 4.79 Å². The number of hydrogen-bond donors (Lipinski definition) is 1. The number of rotatable bonds is 5. The van der Waals surface area contributed by atoms with Crippen LogP contribution in [0, 0.1) is 0 Å². The van der Waals surface area contributed by atoms with Crippen molar-refractivity contribution < 1.29 is 14.3 Å². The standard InChI is InChI=1S/C20H20N4O3/c1-26-16-9-7-14(8-10-16)11-21-20(25)19-17-13-27-18(12-24(17)23-22-19)15-5-3-2-4-6-15/h2-10,18H,11-13H2,1H3,(H,21,25). The Balaban J connectivity index is 1.42. The van der Waals surface area contributed by atoms with Gasteiger partial charge in [0, 0.05) is 6.54 Å². The molecule has 2 heterocycles. The Morgan fingerprint density at radius 2 is 2.00 bits per heavy atom. The summed E-state index contributed by atoms with van der Waals surface area (Å²) in [7, 11) is 1.62. The number of carbonyl (C=O) groups excluding carboxylic acids is 1. The van der Waals surface area contributed by atoms with Gasteiger partial charge >= 0.3 is 0 Å². The predicted octanol–water partition coefficient (Wildman–Crippen LogP) is 2.49. The van der Waals surface area contributed by atoms with Crippen molar-refractivity contribution in [3.8, 4) is 5.75 Å². The minimum absolute atomic E-state index is 0.0874. The number of ether oxygens (including phenoxy) is 2. The molecule has 0 bridgehead atoms. The fourth-order valence-electron chi connectivity index (χ4n) is 3.07. The average Bonchev–Trinajstić information content (AvgIpc) is 3.16.